The molecule has 1 N–H and O–H groups in total. The molecule has 0 bridgehead atoms. The molecule has 0 radical (unpaired) electrons. The van der Waals surface area contributed by atoms with Crippen LogP contribution in [0, 0.1) is 6.92 Å². The monoisotopic (exact) mass is 324 g/mol. The van der Waals surface area contributed by atoms with Crippen LogP contribution >= 0.6 is 0 Å². The van der Waals surface area contributed by atoms with Crippen LogP contribution in [0.25, 0.3) is 11.3 Å². The summed E-state index contributed by atoms with van der Waals surface area (Å²) in [5, 5.41) is 12.6. The Morgan fingerprint density at radius 2 is 1.92 bits per heavy atom. The van der Waals surface area contributed by atoms with E-state index in [0.717, 1.165) is 17.8 Å². The lowest BCUT2D eigenvalue weighted by Crippen LogP contribution is -2.33. The van der Waals surface area contributed by atoms with Crippen molar-refractivity contribution in [2.45, 2.75) is 39.4 Å². The van der Waals surface area contributed by atoms with E-state index in [2.05, 4.69) is 53.7 Å². The molecule has 3 aromatic heterocycles. The van der Waals surface area contributed by atoms with E-state index in [4.69, 9.17) is 0 Å². The fourth-order valence-electron chi connectivity index (χ4n) is 2.75. The quantitative estimate of drug-likeness (QED) is 0.757. The second-order valence-corrected chi connectivity index (χ2v) is 6.32. The first kappa shape index (κ1) is 16.4. The minimum Gasteiger partial charge on any atom is -0.308 e. The van der Waals surface area contributed by atoms with Crippen molar-refractivity contribution in [2.75, 3.05) is 0 Å². The zero-order chi connectivity index (χ0) is 17.1. The topological polar surface area (TPSA) is 60.6 Å². The van der Waals surface area contributed by atoms with Gasteiger partial charge in [0.2, 0.25) is 0 Å². The summed E-state index contributed by atoms with van der Waals surface area (Å²) in [6, 6.07) is 4.55. The Kier molecular flexibility index (Phi) is 4.76. The molecule has 0 aliphatic rings. The van der Waals surface area contributed by atoms with Gasteiger partial charge in [-0.15, -0.1) is 0 Å². The van der Waals surface area contributed by atoms with Crippen LogP contribution < -0.4 is 5.32 Å². The Morgan fingerprint density at radius 3 is 2.58 bits per heavy atom. The van der Waals surface area contributed by atoms with Crippen molar-refractivity contribution in [3.8, 4) is 11.3 Å². The van der Waals surface area contributed by atoms with E-state index in [0.29, 0.717) is 0 Å². The van der Waals surface area contributed by atoms with Crippen LogP contribution in [0.4, 0.5) is 0 Å². The minimum absolute atomic E-state index is 0.278. The highest BCUT2D eigenvalue weighted by atomic mass is 15.3. The largest absolute Gasteiger partial charge is 0.308 e. The molecule has 0 unspecified atom stereocenters. The molecule has 3 heterocycles. The van der Waals surface area contributed by atoms with Crippen molar-refractivity contribution < 1.29 is 0 Å². The molecule has 24 heavy (non-hydrogen) atoms. The summed E-state index contributed by atoms with van der Waals surface area (Å²) in [4.78, 5) is 4.08. The van der Waals surface area contributed by atoms with Gasteiger partial charge in [0.25, 0.3) is 0 Å². The van der Waals surface area contributed by atoms with Gasteiger partial charge in [0.1, 0.15) is 0 Å². The molecule has 0 aliphatic heterocycles. The number of nitrogens with zero attached hydrogens (tertiary/aromatic N) is 5. The fourth-order valence-corrected chi connectivity index (χ4v) is 2.75. The van der Waals surface area contributed by atoms with Crippen LogP contribution in [0.15, 0.2) is 43.1 Å². The molecule has 126 valence electrons. The van der Waals surface area contributed by atoms with Crippen LogP contribution in [0.2, 0.25) is 0 Å². The first-order valence-corrected chi connectivity index (χ1v) is 8.21. The van der Waals surface area contributed by atoms with Gasteiger partial charge in [0.05, 0.1) is 17.9 Å². The number of hydrogen-bond donors (Lipinski definition) is 1. The Bertz CT molecular complexity index is 789. The van der Waals surface area contributed by atoms with Crippen molar-refractivity contribution in [1.29, 1.82) is 0 Å². The lowest BCUT2D eigenvalue weighted by molar-refractivity contribution is 0.365. The van der Waals surface area contributed by atoms with Crippen molar-refractivity contribution in [2.24, 2.45) is 7.05 Å². The van der Waals surface area contributed by atoms with Gasteiger partial charge in [-0.05, 0) is 38.5 Å². The van der Waals surface area contributed by atoms with Gasteiger partial charge in [0, 0.05) is 55.5 Å². The van der Waals surface area contributed by atoms with Gasteiger partial charge in [0.15, 0.2) is 0 Å². The van der Waals surface area contributed by atoms with Crippen LogP contribution in [-0.4, -0.2) is 30.6 Å². The van der Waals surface area contributed by atoms with Crippen LogP contribution in [0.1, 0.15) is 31.0 Å². The maximum atomic E-state index is 4.60. The molecule has 0 amide bonds. The van der Waals surface area contributed by atoms with Crippen molar-refractivity contribution in [3.05, 3.63) is 54.2 Å². The van der Waals surface area contributed by atoms with E-state index in [1.165, 1.54) is 11.1 Å². The molecule has 3 aromatic rings. The molecule has 6 nitrogen and oxygen atoms in total. The zero-order valence-corrected chi connectivity index (χ0v) is 14.6. The van der Waals surface area contributed by atoms with Crippen molar-refractivity contribution in [3.63, 3.8) is 0 Å². The second kappa shape index (κ2) is 6.97. The summed E-state index contributed by atoms with van der Waals surface area (Å²) < 4.78 is 3.87. The number of rotatable bonds is 6. The maximum absolute atomic E-state index is 4.60. The molecule has 0 aromatic carbocycles. The fraction of sp³-hybridized carbons (Fsp3) is 0.389. The third kappa shape index (κ3) is 3.54. The molecule has 0 fully saturated rings. The van der Waals surface area contributed by atoms with Crippen LogP contribution in [0.3, 0.4) is 0 Å². The van der Waals surface area contributed by atoms with E-state index < -0.39 is 0 Å². The smallest absolute Gasteiger partial charge is 0.0969 e. The highest BCUT2D eigenvalue weighted by molar-refractivity contribution is 5.61. The standard InChI is InChI=1S/C18H24N6/c1-13-9-21-24(11-13)15(3)14(2)20-10-17-12-23(4)22-18(17)16-5-7-19-8-6-16/h5-9,11-12,14-15,20H,10H2,1-4H3/t14-,15-/m0/s1. The van der Waals surface area contributed by atoms with Crippen LogP contribution in [0.5, 0.6) is 0 Å². The zero-order valence-electron chi connectivity index (χ0n) is 14.6. The molecular formula is C18H24N6. The molecule has 3 rings (SSSR count). The first-order chi connectivity index (χ1) is 11.5. The lowest BCUT2D eigenvalue weighted by atomic mass is 10.1. The molecular weight excluding hydrogens is 300 g/mol. The number of nitrogens with one attached hydrogen (secondary N) is 1. The van der Waals surface area contributed by atoms with E-state index in [1.54, 1.807) is 12.4 Å². The van der Waals surface area contributed by atoms with Crippen molar-refractivity contribution in [1.82, 2.24) is 29.9 Å². The van der Waals surface area contributed by atoms with Crippen molar-refractivity contribution >= 4 is 0 Å². The third-order valence-corrected chi connectivity index (χ3v) is 4.34. The maximum Gasteiger partial charge on any atom is 0.0969 e. The predicted octanol–water partition coefficient (Wildman–Crippen LogP) is 2.73. The summed E-state index contributed by atoms with van der Waals surface area (Å²) in [5.74, 6) is 0. The van der Waals surface area contributed by atoms with E-state index in [9.17, 15) is 0 Å². The lowest BCUT2D eigenvalue weighted by Gasteiger charge is -2.21. The molecule has 0 aliphatic carbocycles. The minimum atomic E-state index is 0.278. The predicted molar refractivity (Wildman–Crippen MR) is 94.4 cm³/mol. The number of pyridine rings is 1. The SMILES string of the molecule is Cc1cnn([C@@H](C)[C@H](C)NCc2cn(C)nc2-c2ccncc2)c1. The third-order valence-electron chi connectivity index (χ3n) is 4.34. The van der Waals surface area contributed by atoms with Crippen LogP contribution in [-0.2, 0) is 13.6 Å². The summed E-state index contributed by atoms with van der Waals surface area (Å²) >= 11 is 0. The number of hydrogen-bond acceptors (Lipinski definition) is 4. The summed E-state index contributed by atoms with van der Waals surface area (Å²) in [5.41, 5.74) is 4.45. The van der Waals surface area contributed by atoms with Gasteiger partial charge >= 0.3 is 0 Å². The summed E-state index contributed by atoms with van der Waals surface area (Å²) in [7, 11) is 1.95. The summed E-state index contributed by atoms with van der Waals surface area (Å²) in [6.45, 7) is 7.18. The molecule has 2 atom stereocenters. The highest BCUT2D eigenvalue weighted by Crippen LogP contribution is 2.21. The van der Waals surface area contributed by atoms with E-state index in [1.807, 2.05) is 34.7 Å². The van der Waals surface area contributed by atoms with Gasteiger partial charge in [-0.1, -0.05) is 0 Å². The second-order valence-electron chi connectivity index (χ2n) is 6.32. The average Bonchev–Trinajstić information content (AvgIpc) is 3.18. The van der Waals surface area contributed by atoms with Gasteiger partial charge in [-0.3, -0.25) is 14.3 Å². The normalized spacial score (nSPS) is 13.8. The number of aryl methyl sites for hydroxylation is 2. The number of aromatic nitrogens is 5. The molecule has 0 spiro atoms. The molecule has 6 heteroatoms. The molecule has 0 saturated heterocycles. The molecule has 0 saturated carbocycles. The van der Waals surface area contributed by atoms with Gasteiger partial charge in [-0.2, -0.15) is 10.2 Å². The Morgan fingerprint density at radius 1 is 1.17 bits per heavy atom. The Labute approximate surface area is 142 Å². The van der Waals surface area contributed by atoms with Gasteiger partial charge < -0.3 is 5.32 Å². The Hall–Kier alpha value is -2.47. The van der Waals surface area contributed by atoms with E-state index in [-0.39, 0.29) is 12.1 Å². The average molecular weight is 324 g/mol. The summed E-state index contributed by atoms with van der Waals surface area (Å²) in [6.07, 6.45) is 9.64. The highest BCUT2D eigenvalue weighted by Gasteiger charge is 2.16. The Balaban J connectivity index is 1.71. The first-order valence-electron chi connectivity index (χ1n) is 8.21. The van der Waals surface area contributed by atoms with E-state index >= 15 is 0 Å². The van der Waals surface area contributed by atoms with Gasteiger partial charge in [-0.25, -0.2) is 0 Å².